The molecule has 2 aliphatic carbocycles. The molecule has 0 spiro atoms. The molecule has 0 aromatic rings. The summed E-state index contributed by atoms with van der Waals surface area (Å²) in [6.07, 6.45) is 12.9. The van der Waals surface area contributed by atoms with Crippen molar-refractivity contribution in [2.45, 2.75) is 63.8 Å². The van der Waals surface area contributed by atoms with Crippen LogP contribution in [0.1, 0.15) is 57.8 Å². The summed E-state index contributed by atoms with van der Waals surface area (Å²) in [7, 11) is 2.34. The molecule has 2 rings (SSSR count). The van der Waals surface area contributed by atoms with E-state index in [-0.39, 0.29) is 0 Å². The minimum Gasteiger partial charge on any atom is -0.330 e. The van der Waals surface area contributed by atoms with Crippen molar-refractivity contribution in [1.82, 2.24) is 4.90 Å². The first-order valence-electron chi connectivity index (χ1n) is 7.71. The van der Waals surface area contributed by atoms with Crippen molar-refractivity contribution in [2.75, 3.05) is 20.1 Å². The van der Waals surface area contributed by atoms with E-state index >= 15 is 0 Å². The van der Waals surface area contributed by atoms with Gasteiger partial charge in [-0.3, -0.25) is 0 Å². The second kappa shape index (κ2) is 6.75. The molecule has 17 heavy (non-hydrogen) atoms. The Bertz CT molecular complexity index is 211. The van der Waals surface area contributed by atoms with Crippen LogP contribution >= 0.6 is 0 Å². The van der Waals surface area contributed by atoms with Crippen LogP contribution in [0.2, 0.25) is 0 Å². The SMILES string of the molecule is CN(CC1CCCCC1)C1CCCCC1CN. The molecule has 2 nitrogen and oxygen atoms in total. The van der Waals surface area contributed by atoms with E-state index in [1.165, 1.54) is 64.3 Å². The maximum absolute atomic E-state index is 5.94. The summed E-state index contributed by atoms with van der Waals surface area (Å²) in [6.45, 7) is 2.21. The molecular weight excluding hydrogens is 208 g/mol. The number of hydrogen-bond donors (Lipinski definition) is 1. The molecule has 0 aromatic carbocycles. The van der Waals surface area contributed by atoms with Gasteiger partial charge in [-0.2, -0.15) is 0 Å². The van der Waals surface area contributed by atoms with Crippen LogP contribution in [0.15, 0.2) is 0 Å². The third-order valence-corrected chi connectivity index (χ3v) is 5.01. The Morgan fingerprint density at radius 3 is 2.29 bits per heavy atom. The van der Waals surface area contributed by atoms with Crippen LogP contribution in [0.4, 0.5) is 0 Å². The molecule has 0 saturated heterocycles. The van der Waals surface area contributed by atoms with E-state index in [2.05, 4.69) is 11.9 Å². The van der Waals surface area contributed by atoms with Crippen LogP contribution in [-0.2, 0) is 0 Å². The van der Waals surface area contributed by atoms with Crippen molar-refractivity contribution in [3.8, 4) is 0 Å². The highest BCUT2D eigenvalue weighted by Crippen LogP contribution is 2.30. The van der Waals surface area contributed by atoms with Gasteiger partial charge in [0, 0.05) is 12.6 Å². The molecule has 0 amide bonds. The molecule has 0 aliphatic heterocycles. The summed E-state index contributed by atoms with van der Waals surface area (Å²) in [4.78, 5) is 2.65. The van der Waals surface area contributed by atoms with Gasteiger partial charge in [0.05, 0.1) is 0 Å². The lowest BCUT2D eigenvalue weighted by Crippen LogP contribution is -2.45. The Labute approximate surface area is 107 Å². The zero-order valence-corrected chi connectivity index (χ0v) is 11.5. The highest BCUT2D eigenvalue weighted by molar-refractivity contribution is 4.84. The average Bonchev–Trinajstić information content (AvgIpc) is 2.40. The van der Waals surface area contributed by atoms with Gasteiger partial charge in [0.25, 0.3) is 0 Å². The summed E-state index contributed by atoms with van der Waals surface area (Å²) in [5.74, 6) is 1.73. The van der Waals surface area contributed by atoms with Crippen LogP contribution in [-0.4, -0.2) is 31.1 Å². The topological polar surface area (TPSA) is 29.3 Å². The molecule has 2 unspecified atom stereocenters. The number of nitrogens with zero attached hydrogens (tertiary/aromatic N) is 1. The number of hydrogen-bond acceptors (Lipinski definition) is 2. The number of rotatable bonds is 4. The Morgan fingerprint density at radius 2 is 1.59 bits per heavy atom. The smallest absolute Gasteiger partial charge is 0.0133 e. The minimum absolute atomic E-state index is 0.761. The fourth-order valence-electron chi connectivity index (χ4n) is 3.96. The highest BCUT2D eigenvalue weighted by atomic mass is 15.1. The third-order valence-electron chi connectivity index (χ3n) is 5.01. The molecule has 2 fully saturated rings. The average molecular weight is 238 g/mol. The van der Waals surface area contributed by atoms with Crippen molar-refractivity contribution in [2.24, 2.45) is 17.6 Å². The predicted octanol–water partition coefficient (Wildman–Crippen LogP) is 3.02. The van der Waals surface area contributed by atoms with Crippen LogP contribution < -0.4 is 5.73 Å². The zero-order chi connectivity index (χ0) is 12.1. The molecule has 2 aliphatic rings. The van der Waals surface area contributed by atoms with E-state index in [9.17, 15) is 0 Å². The normalized spacial score (nSPS) is 31.9. The summed E-state index contributed by atoms with van der Waals surface area (Å²) < 4.78 is 0. The fraction of sp³-hybridized carbons (Fsp3) is 1.00. The van der Waals surface area contributed by atoms with Gasteiger partial charge in [-0.15, -0.1) is 0 Å². The van der Waals surface area contributed by atoms with Gasteiger partial charge in [-0.1, -0.05) is 32.1 Å². The maximum Gasteiger partial charge on any atom is 0.0133 e. The molecule has 2 atom stereocenters. The first-order chi connectivity index (χ1) is 8.31. The lowest BCUT2D eigenvalue weighted by Gasteiger charge is -2.39. The van der Waals surface area contributed by atoms with Gasteiger partial charge in [0.1, 0.15) is 0 Å². The van der Waals surface area contributed by atoms with E-state index in [1.807, 2.05) is 0 Å². The first kappa shape index (κ1) is 13.4. The van der Waals surface area contributed by atoms with E-state index in [4.69, 9.17) is 5.73 Å². The van der Waals surface area contributed by atoms with Crippen molar-refractivity contribution >= 4 is 0 Å². The Kier molecular flexibility index (Phi) is 5.30. The van der Waals surface area contributed by atoms with Gasteiger partial charge >= 0.3 is 0 Å². The molecule has 0 bridgehead atoms. The van der Waals surface area contributed by atoms with Crippen molar-refractivity contribution < 1.29 is 0 Å². The standard InChI is InChI=1S/C15H30N2/c1-17(12-13-7-3-2-4-8-13)15-10-6-5-9-14(15)11-16/h13-15H,2-12,16H2,1H3. The Hall–Kier alpha value is -0.0800. The Balaban J connectivity index is 1.82. The Morgan fingerprint density at radius 1 is 0.941 bits per heavy atom. The summed E-state index contributed by atoms with van der Waals surface area (Å²) >= 11 is 0. The second-order valence-corrected chi connectivity index (χ2v) is 6.29. The van der Waals surface area contributed by atoms with E-state index in [0.29, 0.717) is 0 Å². The first-order valence-corrected chi connectivity index (χ1v) is 7.71. The lowest BCUT2D eigenvalue weighted by atomic mass is 9.82. The van der Waals surface area contributed by atoms with E-state index < -0.39 is 0 Å². The van der Waals surface area contributed by atoms with Gasteiger partial charge in [-0.05, 0) is 51.1 Å². The van der Waals surface area contributed by atoms with Crippen LogP contribution in [0, 0.1) is 11.8 Å². The van der Waals surface area contributed by atoms with Crippen molar-refractivity contribution in [3.63, 3.8) is 0 Å². The molecule has 0 aromatic heterocycles. The third kappa shape index (κ3) is 3.69. The largest absolute Gasteiger partial charge is 0.330 e. The van der Waals surface area contributed by atoms with Crippen molar-refractivity contribution in [1.29, 1.82) is 0 Å². The predicted molar refractivity (Wildman–Crippen MR) is 74.0 cm³/mol. The van der Waals surface area contributed by atoms with Gasteiger partial charge in [0.15, 0.2) is 0 Å². The van der Waals surface area contributed by atoms with Gasteiger partial charge < -0.3 is 10.6 Å². The molecule has 100 valence electrons. The zero-order valence-electron chi connectivity index (χ0n) is 11.5. The quantitative estimate of drug-likeness (QED) is 0.816. The van der Waals surface area contributed by atoms with Gasteiger partial charge in [-0.25, -0.2) is 0 Å². The lowest BCUT2D eigenvalue weighted by molar-refractivity contribution is 0.107. The van der Waals surface area contributed by atoms with E-state index in [0.717, 1.165) is 24.4 Å². The minimum atomic E-state index is 0.761. The summed E-state index contributed by atoms with van der Waals surface area (Å²) in [5, 5.41) is 0. The molecule has 2 heteroatoms. The van der Waals surface area contributed by atoms with Gasteiger partial charge in [0.2, 0.25) is 0 Å². The highest BCUT2D eigenvalue weighted by Gasteiger charge is 2.28. The summed E-state index contributed by atoms with van der Waals surface area (Å²) in [5.41, 5.74) is 5.94. The van der Waals surface area contributed by atoms with E-state index in [1.54, 1.807) is 0 Å². The molecule has 0 heterocycles. The molecule has 2 saturated carbocycles. The molecule has 0 radical (unpaired) electrons. The monoisotopic (exact) mass is 238 g/mol. The summed E-state index contributed by atoms with van der Waals surface area (Å²) in [6, 6.07) is 0.774. The fourth-order valence-corrected chi connectivity index (χ4v) is 3.96. The van der Waals surface area contributed by atoms with Crippen molar-refractivity contribution in [3.05, 3.63) is 0 Å². The molecule has 2 N–H and O–H groups in total. The van der Waals surface area contributed by atoms with Crippen LogP contribution in [0.25, 0.3) is 0 Å². The molecular formula is C15H30N2. The number of nitrogens with two attached hydrogens (primary N) is 1. The maximum atomic E-state index is 5.94. The second-order valence-electron chi connectivity index (χ2n) is 6.29. The van der Waals surface area contributed by atoms with Crippen LogP contribution in [0.3, 0.4) is 0 Å². The van der Waals surface area contributed by atoms with Crippen LogP contribution in [0.5, 0.6) is 0 Å².